The van der Waals surface area contributed by atoms with Crippen molar-refractivity contribution in [1.29, 1.82) is 0 Å². The lowest BCUT2D eigenvalue weighted by Gasteiger charge is -2.14. The second-order valence-corrected chi connectivity index (χ2v) is 3.52. The summed E-state index contributed by atoms with van der Waals surface area (Å²) in [6.07, 6.45) is 7.29. The minimum Gasteiger partial charge on any atom is -0.300 e. The summed E-state index contributed by atoms with van der Waals surface area (Å²) in [7, 11) is 0. The number of allylic oxidation sites excluding steroid dienone is 2. The molecule has 0 aliphatic heterocycles. The smallest absolute Gasteiger partial charge is 0.133 e. The van der Waals surface area contributed by atoms with Gasteiger partial charge in [0.25, 0.3) is 0 Å². The minimum absolute atomic E-state index is 0.411. The molecule has 0 radical (unpaired) electrons. The third-order valence-corrected chi connectivity index (χ3v) is 2.59. The maximum atomic E-state index is 11.1. The van der Waals surface area contributed by atoms with Gasteiger partial charge in [-0.05, 0) is 24.7 Å². The third-order valence-electron chi connectivity index (χ3n) is 2.59. The van der Waals surface area contributed by atoms with Crippen LogP contribution in [0.15, 0.2) is 25.3 Å². The largest absolute Gasteiger partial charge is 0.300 e. The van der Waals surface area contributed by atoms with Gasteiger partial charge in [-0.2, -0.15) is 0 Å². The summed E-state index contributed by atoms with van der Waals surface area (Å²) >= 11 is 0. The second-order valence-electron chi connectivity index (χ2n) is 3.52. The highest BCUT2D eigenvalue weighted by molar-refractivity contribution is 5.81. The third kappa shape index (κ3) is 2.07. The molecule has 0 amide bonds. The Morgan fingerprint density at radius 1 is 1.17 bits per heavy atom. The van der Waals surface area contributed by atoms with E-state index in [0.717, 1.165) is 25.7 Å². The van der Waals surface area contributed by atoms with E-state index in [0.29, 0.717) is 17.6 Å². The van der Waals surface area contributed by atoms with E-state index < -0.39 is 0 Å². The average Bonchev–Trinajstić information content (AvgIpc) is 2.33. The molecule has 1 aliphatic rings. The summed E-state index contributed by atoms with van der Waals surface area (Å²) in [5.74, 6) is 1.48. The van der Waals surface area contributed by atoms with Crippen molar-refractivity contribution in [2.45, 2.75) is 25.7 Å². The van der Waals surface area contributed by atoms with Gasteiger partial charge in [-0.25, -0.2) is 0 Å². The van der Waals surface area contributed by atoms with Gasteiger partial charge < -0.3 is 0 Å². The molecular formula is C11H16O. The van der Waals surface area contributed by atoms with Crippen LogP contribution in [0, 0.1) is 11.8 Å². The Labute approximate surface area is 74.2 Å². The van der Waals surface area contributed by atoms with Crippen molar-refractivity contribution in [1.82, 2.24) is 0 Å². The highest BCUT2D eigenvalue weighted by Crippen LogP contribution is 2.34. The predicted octanol–water partition coefficient (Wildman–Crippen LogP) is 2.73. The first-order valence-corrected chi connectivity index (χ1v) is 4.51. The zero-order valence-electron chi connectivity index (χ0n) is 7.46. The molecule has 66 valence electrons. The van der Waals surface area contributed by atoms with Crippen molar-refractivity contribution < 1.29 is 4.79 Å². The standard InChI is InChI=1S/C11H16O/c1-3-5-9-7-11(12)8-10(9)6-4-2/h3-4,9-10H,1-2,5-8H2/t9-,10-/m0/s1. The fourth-order valence-corrected chi connectivity index (χ4v) is 1.98. The van der Waals surface area contributed by atoms with Gasteiger partial charge in [0.2, 0.25) is 0 Å². The summed E-state index contributed by atoms with van der Waals surface area (Å²) in [6.45, 7) is 7.41. The fourth-order valence-electron chi connectivity index (χ4n) is 1.98. The lowest BCUT2D eigenvalue weighted by molar-refractivity contribution is -0.117. The van der Waals surface area contributed by atoms with Gasteiger partial charge in [-0.3, -0.25) is 4.79 Å². The zero-order chi connectivity index (χ0) is 8.97. The Bertz CT molecular complexity index is 173. The lowest BCUT2D eigenvalue weighted by atomic mass is 9.90. The van der Waals surface area contributed by atoms with E-state index in [1.165, 1.54) is 0 Å². The SMILES string of the molecule is C=CC[C@H]1CC(=O)C[C@@H]1CC=C. The van der Waals surface area contributed by atoms with Gasteiger partial charge in [-0.1, -0.05) is 12.2 Å². The molecule has 1 heteroatoms. The van der Waals surface area contributed by atoms with Crippen molar-refractivity contribution in [3.8, 4) is 0 Å². The molecule has 0 aromatic carbocycles. The first-order chi connectivity index (χ1) is 5.77. The van der Waals surface area contributed by atoms with E-state index in [9.17, 15) is 4.79 Å². The van der Waals surface area contributed by atoms with Crippen LogP contribution >= 0.6 is 0 Å². The minimum atomic E-state index is 0.411. The van der Waals surface area contributed by atoms with Crippen molar-refractivity contribution >= 4 is 5.78 Å². The van der Waals surface area contributed by atoms with Gasteiger partial charge >= 0.3 is 0 Å². The quantitative estimate of drug-likeness (QED) is 0.584. The first kappa shape index (κ1) is 9.24. The van der Waals surface area contributed by atoms with E-state index >= 15 is 0 Å². The molecule has 1 fully saturated rings. The summed E-state index contributed by atoms with van der Waals surface area (Å²) in [6, 6.07) is 0. The van der Waals surface area contributed by atoms with Gasteiger partial charge in [0.15, 0.2) is 0 Å². The molecule has 0 saturated heterocycles. The Balaban J connectivity index is 2.51. The summed E-state index contributed by atoms with van der Waals surface area (Å²) in [4.78, 5) is 11.1. The predicted molar refractivity (Wildman–Crippen MR) is 50.8 cm³/mol. The van der Waals surface area contributed by atoms with Gasteiger partial charge in [0.1, 0.15) is 5.78 Å². The van der Waals surface area contributed by atoms with E-state index in [1.54, 1.807) is 0 Å². The number of hydrogen-bond acceptors (Lipinski definition) is 1. The molecule has 0 heterocycles. The Hall–Kier alpha value is -0.850. The maximum absolute atomic E-state index is 11.1. The Morgan fingerprint density at radius 2 is 1.58 bits per heavy atom. The number of rotatable bonds is 4. The molecule has 1 nitrogen and oxygen atoms in total. The van der Waals surface area contributed by atoms with Crippen molar-refractivity contribution in [2.24, 2.45) is 11.8 Å². The lowest BCUT2D eigenvalue weighted by Crippen LogP contribution is -2.05. The molecule has 0 bridgehead atoms. The molecular weight excluding hydrogens is 148 g/mol. The van der Waals surface area contributed by atoms with Gasteiger partial charge in [0.05, 0.1) is 0 Å². The van der Waals surface area contributed by atoms with E-state index in [4.69, 9.17) is 0 Å². The van der Waals surface area contributed by atoms with E-state index in [-0.39, 0.29) is 0 Å². The zero-order valence-corrected chi connectivity index (χ0v) is 7.46. The van der Waals surface area contributed by atoms with Crippen LogP contribution in [0.4, 0.5) is 0 Å². The molecule has 0 aromatic rings. The van der Waals surface area contributed by atoms with Crippen LogP contribution in [0.25, 0.3) is 0 Å². The monoisotopic (exact) mass is 164 g/mol. The number of hydrogen-bond donors (Lipinski definition) is 0. The summed E-state index contributed by atoms with van der Waals surface area (Å²) in [5.41, 5.74) is 0. The molecule has 12 heavy (non-hydrogen) atoms. The molecule has 1 saturated carbocycles. The van der Waals surface area contributed by atoms with Gasteiger partial charge in [-0.15, -0.1) is 13.2 Å². The number of ketones is 1. The maximum Gasteiger partial charge on any atom is 0.133 e. The Kier molecular flexibility index (Phi) is 3.27. The Morgan fingerprint density at radius 3 is 1.92 bits per heavy atom. The average molecular weight is 164 g/mol. The summed E-state index contributed by atoms with van der Waals surface area (Å²) < 4.78 is 0. The molecule has 1 rings (SSSR count). The topological polar surface area (TPSA) is 17.1 Å². The van der Waals surface area contributed by atoms with Crippen molar-refractivity contribution in [3.63, 3.8) is 0 Å². The molecule has 0 aromatic heterocycles. The molecule has 0 unspecified atom stereocenters. The molecule has 1 aliphatic carbocycles. The normalized spacial score (nSPS) is 28.8. The second kappa shape index (κ2) is 4.24. The van der Waals surface area contributed by atoms with E-state index in [2.05, 4.69) is 13.2 Å². The van der Waals surface area contributed by atoms with Crippen LogP contribution in [0.1, 0.15) is 25.7 Å². The van der Waals surface area contributed by atoms with Gasteiger partial charge in [0, 0.05) is 12.8 Å². The molecule has 2 atom stereocenters. The fraction of sp³-hybridized carbons (Fsp3) is 0.545. The van der Waals surface area contributed by atoms with E-state index in [1.807, 2.05) is 12.2 Å². The number of Topliss-reactive ketones (excluding diaryl/α,β-unsaturated/α-hetero) is 1. The molecule has 0 spiro atoms. The van der Waals surface area contributed by atoms with Crippen molar-refractivity contribution in [3.05, 3.63) is 25.3 Å². The van der Waals surface area contributed by atoms with Crippen molar-refractivity contribution in [2.75, 3.05) is 0 Å². The number of carbonyl (C=O) groups is 1. The van der Waals surface area contributed by atoms with Crippen LogP contribution in [0.3, 0.4) is 0 Å². The highest BCUT2D eigenvalue weighted by Gasteiger charge is 2.30. The first-order valence-electron chi connectivity index (χ1n) is 4.51. The highest BCUT2D eigenvalue weighted by atomic mass is 16.1. The van der Waals surface area contributed by atoms with Crippen LogP contribution in [0.2, 0.25) is 0 Å². The van der Waals surface area contributed by atoms with Crippen LogP contribution in [-0.2, 0) is 4.79 Å². The number of carbonyl (C=O) groups excluding carboxylic acids is 1. The van der Waals surface area contributed by atoms with Crippen LogP contribution in [-0.4, -0.2) is 5.78 Å². The summed E-state index contributed by atoms with van der Waals surface area (Å²) in [5, 5.41) is 0. The van der Waals surface area contributed by atoms with Crippen LogP contribution < -0.4 is 0 Å². The van der Waals surface area contributed by atoms with Crippen LogP contribution in [0.5, 0.6) is 0 Å². The molecule has 0 N–H and O–H groups in total.